The lowest BCUT2D eigenvalue weighted by Crippen LogP contribution is -2.23. The Balaban J connectivity index is -0.0000000843. The van der Waals surface area contributed by atoms with Crippen molar-refractivity contribution in [2.45, 2.75) is 39.0 Å². The maximum absolute atomic E-state index is 10.1. The maximum Gasteiger partial charge on any atom is 0.674 e. The lowest BCUT2D eigenvalue weighted by molar-refractivity contribution is 0.291. The smallest absolute Gasteiger partial charge is 0.398 e. The molecule has 0 radical (unpaired) electrons. The zero-order chi connectivity index (χ0) is 31.0. The van der Waals surface area contributed by atoms with Crippen molar-refractivity contribution in [1.82, 2.24) is 9.80 Å². The summed E-state index contributed by atoms with van der Waals surface area (Å²) in [6, 6.07) is 0. The van der Waals surface area contributed by atoms with E-state index in [0.29, 0.717) is 0 Å². The molecule has 220 valence electrons. The summed E-state index contributed by atoms with van der Waals surface area (Å²) in [5.74, 6) is 0. The van der Waals surface area contributed by atoms with E-state index >= 15 is 0 Å². The molecule has 0 bridgehead atoms. The van der Waals surface area contributed by atoms with Gasteiger partial charge in [-0.15, -0.1) is 0 Å². The lowest BCUT2D eigenvalue weighted by Gasteiger charge is -2.17. The standard InChI is InChI=1S/C11H22N2.6BFH2O2/c1-3-4-5-6-7-8-13-10-9-12(2)11-13;6*2-1(3)4/h9-10H,3-8,11H2,1-2H3;6*3-4H. The molecule has 0 fully saturated rings. The van der Waals surface area contributed by atoms with Gasteiger partial charge in [-0.2, -0.15) is 0 Å². The molecule has 37 heavy (non-hydrogen) atoms. The fourth-order valence-electron chi connectivity index (χ4n) is 1.65. The summed E-state index contributed by atoms with van der Waals surface area (Å²) in [5.41, 5.74) is 0. The first kappa shape index (κ1) is 48.8. The van der Waals surface area contributed by atoms with Crippen molar-refractivity contribution in [3.8, 4) is 0 Å². The first-order chi connectivity index (χ1) is 16.7. The van der Waals surface area contributed by atoms with Crippen LogP contribution in [0.4, 0.5) is 25.9 Å². The maximum atomic E-state index is 10.1. The van der Waals surface area contributed by atoms with Crippen molar-refractivity contribution in [3.63, 3.8) is 0 Å². The summed E-state index contributed by atoms with van der Waals surface area (Å²) in [5, 5.41) is 83.3. The summed E-state index contributed by atoms with van der Waals surface area (Å²) in [6.45, 7) is 4.57. The number of rotatable bonds is 6. The van der Waals surface area contributed by atoms with Gasteiger partial charge in [-0.05, 0) is 6.42 Å². The normalized spacial score (nSPS) is 9.95. The Kier molecular flexibility index (Phi) is 51.9. The molecular formula is C11H34B6F6N2O12. The van der Waals surface area contributed by atoms with Crippen molar-refractivity contribution < 1.29 is 86.2 Å². The van der Waals surface area contributed by atoms with E-state index in [4.69, 9.17) is 60.3 Å². The number of hydrogen-bond donors (Lipinski definition) is 12. The molecule has 12 N–H and O–H groups in total. The molecular weight excluding hydrogens is 531 g/mol. The van der Waals surface area contributed by atoms with Gasteiger partial charge in [0, 0.05) is 26.0 Å². The van der Waals surface area contributed by atoms with Crippen molar-refractivity contribution in [2.75, 3.05) is 20.3 Å². The number of nitrogens with zero attached hydrogens (tertiary/aromatic N) is 2. The van der Waals surface area contributed by atoms with Gasteiger partial charge < -0.3 is 70.1 Å². The number of halogens is 6. The van der Waals surface area contributed by atoms with Gasteiger partial charge in [0.15, 0.2) is 0 Å². The number of hydrogen-bond acceptors (Lipinski definition) is 14. The van der Waals surface area contributed by atoms with Crippen LogP contribution in [0.25, 0.3) is 0 Å². The van der Waals surface area contributed by atoms with Crippen molar-refractivity contribution >= 4 is 44.4 Å². The highest BCUT2D eigenvalue weighted by Gasteiger charge is 2.06. The van der Waals surface area contributed by atoms with Crippen molar-refractivity contribution in [3.05, 3.63) is 12.4 Å². The topological polar surface area (TPSA) is 249 Å². The van der Waals surface area contributed by atoms with Crippen LogP contribution in [0.2, 0.25) is 0 Å². The van der Waals surface area contributed by atoms with Crippen LogP contribution in [0.1, 0.15) is 39.0 Å². The van der Waals surface area contributed by atoms with Gasteiger partial charge in [-0.3, -0.25) is 25.9 Å². The molecule has 0 amide bonds. The third-order valence-corrected chi connectivity index (χ3v) is 2.49. The minimum absolute atomic E-state index is 1.08. The molecule has 1 aliphatic rings. The molecule has 1 rings (SSSR count). The van der Waals surface area contributed by atoms with Crippen molar-refractivity contribution in [1.29, 1.82) is 0 Å². The van der Waals surface area contributed by atoms with Gasteiger partial charge in [-0.1, -0.05) is 32.6 Å². The first-order valence-corrected chi connectivity index (χ1v) is 9.86. The molecule has 0 spiro atoms. The third-order valence-electron chi connectivity index (χ3n) is 2.49. The van der Waals surface area contributed by atoms with Gasteiger partial charge in [0.05, 0.1) is 6.67 Å². The number of unbranched alkanes of at least 4 members (excludes halogenated alkanes) is 4. The summed E-state index contributed by atoms with van der Waals surface area (Å²) in [7, 11) is -13.9. The Bertz CT molecular complexity index is 372. The van der Waals surface area contributed by atoms with E-state index < -0.39 is 44.4 Å². The fourth-order valence-corrected chi connectivity index (χ4v) is 1.65. The van der Waals surface area contributed by atoms with Crippen LogP contribution in [0, 0.1) is 0 Å². The molecule has 1 heterocycles. The highest BCUT2D eigenvalue weighted by molar-refractivity contribution is 6.32. The van der Waals surface area contributed by atoms with Crippen molar-refractivity contribution in [2.24, 2.45) is 0 Å². The summed E-state index contributed by atoms with van der Waals surface area (Å²) in [6.07, 6.45) is 11.2. The average Bonchev–Trinajstić information content (AvgIpc) is 3.04. The summed E-state index contributed by atoms with van der Waals surface area (Å²) >= 11 is 0. The minimum Gasteiger partial charge on any atom is -0.398 e. The van der Waals surface area contributed by atoms with E-state index in [1.54, 1.807) is 0 Å². The highest BCUT2D eigenvalue weighted by Crippen LogP contribution is 2.07. The molecule has 0 aromatic rings. The molecule has 0 aromatic carbocycles. The van der Waals surface area contributed by atoms with E-state index in [2.05, 4.69) is 36.2 Å². The van der Waals surface area contributed by atoms with Gasteiger partial charge in [0.25, 0.3) is 0 Å². The molecule has 0 aromatic heterocycles. The second kappa shape index (κ2) is 39.3. The predicted octanol–water partition coefficient (Wildman–Crippen LogP) is -3.81. The van der Waals surface area contributed by atoms with Crippen LogP contribution in [-0.2, 0) is 0 Å². The van der Waals surface area contributed by atoms with Crippen LogP contribution in [-0.4, -0.2) is 135 Å². The summed E-state index contributed by atoms with van der Waals surface area (Å²) < 4.78 is 60.7. The predicted molar refractivity (Wildman–Crippen MR) is 125 cm³/mol. The molecule has 0 atom stereocenters. The largest absolute Gasteiger partial charge is 0.674 e. The van der Waals surface area contributed by atoms with E-state index in [9.17, 15) is 25.9 Å². The van der Waals surface area contributed by atoms with Gasteiger partial charge >= 0.3 is 44.4 Å². The first-order valence-electron chi connectivity index (χ1n) is 9.86. The zero-order valence-electron chi connectivity index (χ0n) is 20.1. The summed E-state index contributed by atoms with van der Waals surface area (Å²) in [4.78, 5) is 4.60. The van der Waals surface area contributed by atoms with E-state index in [1.165, 1.54) is 38.6 Å². The monoisotopic (exact) mass is 566 g/mol. The molecule has 26 heteroatoms. The molecule has 0 unspecified atom stereocenters. The zero-order valence-corrected chi connectivity index (χ0v) is 20.1. The Morgan fingerprint density at radius 2 is 0.811 bits per heavy atom. The Morgan fingerprint density at radius 1 is 0.541 bits per heavy atom. The SMILES string of the molecule is CCCCCCCN1C=CN(C)C1.OB(O)F.OB(O)F.OB(O)F.OB(O)F.OB(O)F.OB(O)F. The molecule has 14 nitrogen and oxygen atoms in total. The van der Waals surface area contributed by atoms with Crippen LogP contribution in [0.3, 0.4) is 0 Å². The Hall–Kier alpha value is -1.17. The molecule has 0 saturated heterocycles. The minimum atomic E-state index is -2.67. The molecule has 0 aliphatic carbocycles. The fraction of sp³-hybridized carbons (Fsp3) is 0.818. The average molecular weight is 565 g/mol. The van der Waals surface area contributed by atoms with Crippen LogP contribution in [0.15, 0.2) is 12.4 Å². The quantitative estimate of drug-likeness (QED) is 0.0839. The third kappa shape index (κ3) is 171. The highest BCUT2D eigenvalue weighted by atomic mass is 19.1. The van der Waals surface area contributed by atoms with Crippen LogP contribution >= 0.6 is 0 Å². The Morgan fingerprint density at radius 3 is 1.03 bits per heavy atom. The molecule has 1 aliphatic heterocycles. The lowest BCUT2D eigenvalue weighted by atomic mass is 10.1. The van der Waals surface area contributed by atoms with Gasteiger partial charge in [0.1, 0.15) is 0 Å². The molecule has 0 saturated carbocycles. The van der Waals surface area contributed by atoms with E-state index in [1.807, 2.05) is 0 Å². The second-order valence-corrected chi connectivity index (χ2v) is 5.79. The van der Waals surface area contributed by atoms with Crippen LogP contribution < -0.4 is 0 Å². The van der Waals surface area contributed by atoms with E-state index in [-0.39, 0.29) is 0 Å². The van der Waals surface area contributed by atoms with E-state index in [0.717, 1.165) is 6.67 Å². The van der Waals surface area contributed by atoms with Gasteiger partial charge in [0.2, 0.25) is 0 Å². The van der Waals surface area contributed by atoms with Gasteiger partial charge in [-0.25, -0.2) is 0 Å². The Labute approximate surface area is 212 Å². The van der Waals surface area contributed by atoms with Crippen LogP contribution in [0.5, 0.6) is 0 Å². The second-order valence-electron chi connectivity index (χ2n) is 5.79.